The molecule has 2 rings (SSSR count). The highest BCUT2D eigenvalue weighted by Gasteiger charge is 2.08. The molecule has 0 heterocycles. The van der Waals surface area contributed by atoms with E-state index in [1.807, 2.05) is 18.2 Å². The van der Waals surface area contributed by atoms with E-state index in [1.54, 1.807) is 30.3 Å². The predicted molar refractivity (Wildman–Crippen MR) is 93.9 cm³/mol. The maximum atomic E-state index is 11.5. The number of esters is 1. The summed E-state index contributed by atoms with van der Waals surface area (Å²) in [4.78, 5) is 13.7. The number of carbonyl (C=O) groups is 1. The molecule has 0 saturated carbocycles. The molecule has 0 unspecified atom stereocenters. The molecule has 0 radical (unpaired) electrons. The first-order valence-corrected chi connectivity index (χ1v) is 7.99. The molecule has 1 N–H and O–H groups in total. The van der Waals surface area contributed by atoms with Crippen LogP contribution in [0.3, 0.4) is 0 Å². The number of nitrogens with zero attached hydrogens (tertiary/aromatic N) is 1. The smallest absolute Gasteiger partial charge is 0.337 e. The van der Waals surface area contributed by atoms with Crippen LogP contribution < -0.4 is 9.64 Å². The van der Waals surface area contributed by atoms with Crippen LogP contribution in [0.4, 0.5) is 5.69 Å². The van der Waals surface area contributed by atoms with Crippen molar-refractivity contribution in [3.05, 3.63) is 54.1 Å². The van der Waals surface area contributed by atoms with Crippen molar-refractivity contribution in [2.75, 3.05) is 31.7 Å². The van der Waals surface area contributed by atoms with Gasteiger partial charge in [0.15, 0.2) is 0 Å². The number of phenols is 1. The Bertz CT molecular complexity index is 672. The van der Waals surface area contributed by atoms with Gasteiger partial charge in [0, 0.05) is 18.3 Å². The van der Waals surface area contributed by atoms with Gasteiger partial charge in [-0.2, -0.15) is 0 Å². The number of hydrogen-bond donors (Lipinski definition) is 1. The van der Waals surface area contributed by atoms with Crippen LogP contribution in [0.5, 0.6) is 11.5 Å². The normalized spacial score (nSPS) is 10.2. The third-order valence-corrected chi connectivity index (χ3v) is 3.57. The molecule has 0 atom stereocenters. The molecular formula is C19H23NO4. The quantitative estimate of drug-likeness (QED) is 0.752. The van der Waals surface area contributed by atoms with Crippen molar-refractivity contribution in [1.29, 1.82) is 0 Å². The molecule has 0 aromatic heterocycles. The zero-order chi connectivity index (χ0) is 17.4. The molecule has 128 valence electrons. The van der Waals surface area contributed by atoms with Crippen molar-refractivity contribution >= 4 is 11.7 Å². The minimum atomic E-state index is -0.382. The Morgan fingerprint density at radius 1 is 1.12 bits per heavy atom. The van der Waals surface area contributed by atoms with Crippen LogP contribution in [0.15, 0.2) is 48.5 Å². The SMILES string of the molecule is CCCN(CCOc1cccc(C(=O)OC)c1)c1cccc(O)c1. The molecule has 5 nitrogen and oxygen atoms in total. The van der Waals surface area contributed by atoms with E-state index in [1.165, 1.54) is 7.11 Å². The van der Waals surface area contributed by atoms with Crippen LogP contribution in [0.1, 0.15) is 23.7 Å². The zero-order valence-electron chi connectivity index (χ0n) is 14.1. The second-order valence-electron chi connectivity index (χ2n) is 5.37. The minimum Gasteiger partial charge on any atom is -0.508 e. The van der Waals surface area contributed by atoms with Gasteiger partial charge in [0.1, 0.15) is 18.1 Å². The Morgan fingerprint density at radius 3 is 2.62 bits per heavy atom. The molecule has 0 saturated heterocycles. The number of ether oxygens (including phenoxy) is 2. The fraction of sp³-hybridized carbons (Fsp3) is 0.316. The van der Waals surface area contributed by atoms with Gasteiger partial charge in [0.2, 0.25) is 0 Å². The lowest BCUT2D eigenvalue weighted by Gasteiger charge is -2.24. The Kier molecular flexibility index (Phi) is 6.49. The van der Waals surface area contributed by atoms with Gasteiger partial charge in [-0.05, 0) is 36.8 Å². The average Bonchev–Trinajstić information content (AvgIpc) is 2.60. The average molecular weight is 329 g/mol. The van der Waals surface area contributed by atoms with E-state index in [9.17, 15) is 9.90 Å². The number of rotatable bonds is 8. The van der Waals surface area contributed by atoms with Gasteiger partial charge in [0.05, 0.1) is 19.2 Å². The van der Waals surface area contributed by atoms with Gasteiger partial charge in [-0.25, -0.2) is 4.79 Å². The maximum Gasteiger partial charge on any atom is 0.337 e. The Balaban J connectivity index is 1.97. The monoisotopic (exact) mass is 329 g/mol. The van der Waals surface area contributed by atoms with E-state index in [4.69, 9.17) is 9.47 Å². The molecule has 5 heteroatoms. The summed E-state index contributed by atoms with van der Waals surface area (Å²) < 4.78 is 10.5. The van der Waals surface area contributed by atoms with Crippen LogP contribution in [0.25, 0.3) is 0 Å². The van der Waals surface area contributed by atoms with Gasteiger partial charge in [-0.1, -0.05) is 19.1 Å². The Morgan fingerprint density at radius 2 is 1.92 bits per heavy atom. The second-order valence-corrected chi connectivity index (χ2v) is 5.37. The molecule has 2 aromatic rings. The number of benzene rings is 2. The van der Waals surface area contributed by atoms with E-state index in [0.717, 1.165) is 18.7 Å². The molecule has 0 bridgehead atoms. The van der Waals surface area contributed by atoms with Gasteiger partial charge in [-0.3, -0.25) is 0 Å². The third-order valence-electron chi connectivity index (χ3n) is 3.57. The molecule has 0 amide bonds. The largest absolute Gasteiger partial charge is 0.508 e. The van der Waals surface area contributed by atoms with Crippen molar-refractivity contribution in [3.63, 3.8) is 0 Å². The molecule has 2 aromatic carbocycles. The summed E-state index contributed by atoms with van der Waals surface area (Å²) >= 11 is 0. The zero-order valence-corrected chi connectivity index (χ0v) is 14.1. The van der Waals surface area contributed by atoms with Gasteiger partial charge < -0.3 is 19.5 Å². The number of aromatic hydroxyl groups is 1. The van der Waals surface area contributed by atoms with Crippen LogP contribution in [-0.2, 0) is 4.74 Å². The summed E-state index contributed by atoms with van der Waals surface area (Å²) in [7, 11) is 1.35. The molecule has 24 heavy (non-hydrogen) atoms. The summed E-state index contributed by atoms with van der Waals surface area (Å²) in [5.74, 6) is 0.498. The first-order chi connectivity index (χ1) is 11.6. The van der Waals surface area contributed by atoms with E-state index in [2.05, 4.69) is 11.8 Å². The highest BCUT2D eigenvalue weighted by molar-refractivity contribution is 5.89. The summed E-state index contributed by atoms with van der Waals surface area (Å²) in [5.41, 5.74) is 1.43. The molecule has 0 aliphatic carbocycles. The van der Waals surface area contributed by atoms with Crippen LogP contribution >= 0.6 is 0 Å². The Hall–Kier alpha value is -2.69. The van der Waals surface area contributed by atoms with Crippen molar-refractivity contribution in [1.82, 2.24) is 0 Å². The van der Waals surface area contributed by atoms with Gasteiger partial charge in [0.25, 0.3) is 0 Å². The molecule has 0 spiro atoms. The molecule has 0 aliphatic rings. The molecule has 0 aliphatic heterocycles. The summed E-state index contributed by atoms with van der Waals surface area (Å²) in [6.45, 7) is 4.13. The predicted octanol–water partition coefficient (Wildman–Crippen LogP) is 3.47. The summed E-state index contributed by atoms with van der Waals surface area (Å²) in [6, 6.07) is 14.1. The number of anilines is 1. The highest BCUT2D eigenvalue weighted by atomic mass is 16.5. The summed E-state index contributed by atoms with van der Waals surface area (Å²) in [6.07, 6.45) is 0.994. The van der Waals surface area contributed by atoms with Crippen LogP contribution in [-0.4, -0.2) is 37.9 Å². The van der Waals surface area contributed by atoms with Gasteiger partial charge >= 0.3 is 5.97 Å². The maximum absolute atomic E-state index is 11.5. The van der Waals surface area contributed by atoms with Crippen LogP contribution in [0.2, 0.25) is 0 Å². The minimum absolute atomic E-state index is 0.250. The summed E-state index contributed by atoms with van der Waals surface area (Å²) in [5, 5.41) is 9.64. The van der Waals surface area contributed by atoms with Gasteiger partial charge in [-0.15, -0.1) is 0 Å². The third kappa shape index (κ3) is 4.91. The van der Waals surface area contributed by atoms with Crippen LogP contribution in [0, 0.1) is 0 Å². The number of phenolic OH excluding ortho intramolecular Hbond substituents is 1. The van der Waals surface area contributed by atoms with E-state index < -0.39 is 0 Å². The first-order valence-electron chi connectivity index (χ1n) is 7.99. The van der Waals surface area contributed by atoms with E-state index in [0.29, 0.717) is 24.5 Å². The Labute approximate surface area is 142 Å². The standard InChI is InChI=1S/C19H23NO4/c1-3-10-20(16-7-5-8-17(21)14-16)11-12-24-18-9-4-6-15(13-18)19(22)23-2/h4-9,13-14,21H,3,10-12H2,1-2H3. The first kappa shape index (κ1) is 17.7. The van der Waals surface area contributed by atoms with Crippen molar-refractivity contribution < 1.29 is 19.4 Å². The van der Waals surface area contributed by atoms with Crippen molar-refractivity contribution in [2.24, 2.45) is 0 Å². The van der Waals surface area contributed by atoms with Crippen molar-refractivity contribution in [2.45, 2.75) is 13.3 Å². The molecular weight excluding hydrogens is 306 g/mol. The lowest BCUT2D eigenvalue weighted by atomic mass is 10.2. The second kappa shape index (κ2) is 8.82. The number of methoxy groups -OCH3 is 1. The number of hydrogen-bond acceptors (Lipinski definition) is 5. The van der Waals surface area contributed by atoms with E-state index >= 15 is 0 Å². The number of carbonyl (C=O) groups excluding carboxylic acids is 1. The topological polar surface area (TPSA) is 59.0 Å². The van der Waals surface area contributed by atoms with E-state index in [-0.39, 0.29) is 11.7 Å². The fourth-order valence-corrected chi connectivity index (χ4v) is 2.43. The highest BCUT2D eigenvalue weighted by Crippen LogP contribution is 2.20. The van der Waals surface area contributed by atoms with Crippen molar-refractivity contribution in [3.8, 4) is 11.5 Å². The molecule has 0 fully saturated rings. The lowest BCUT2D eigenvalue weighted by Crippen LogP contribution is -2.29. The fourth-order valence-electron chi connectivity index (χ4n) is 2.43. The lowest BCUT2D eigenvalue weighted by molar-refractivity contribution is 0.0600.